The Morgan fingerprint density at radius 2 is 2.00 bits per heavy atom. The minimum Gasteiger partial charge on any atom is -0.381 e. The first kappa shape index (κ1) is 13.9. The molecule has 0 amide bonds. The summed E-state index contributed by atoms with van der Waals surface area (Å²) in [6.45, 7) is 2.16. The molecule has 0 aromatic heterocycles. The topological polar surface area (TPSA) is 72.2 Å². The van der Waals surface area contributed by atoms with E-state index in [2.05, 4.69) is 12.2 Å². The molecule has 0 aliphatic heterocycles. The standard InChI is InChI=1S/C15H22N2O2S/c1-10(13-9-11-6-7-12(13)8-11)17-14-4-2-3-5-15(14)20(16,18)19/h2-5,10-13,17H,6-9H2,1H3,(H2,16,18,19). The second-order valence-electron chi connectivity index (χ2n) is 6.31. The van der Waals surface area contributed by atoms with Gasteiger partial charge in [0.15, 0.2) is 0 Å². The normalized spacial score (nSPS) is 30.4. The highest BCUT2D eigenvalue weighted by Crippen LogP contribution is 2.49. The third-order valence-corrected chi connectivity index (χ3v) is 5.98. The van der Waals surface area contributed by atoms with Crippen LogP contribution in [0.4, 0.5) is 5.69 Å². The Morgan fingerprint density at radius 3 is 2.60 bits per heavy atom. The summed E-state index contributed by atoms with van der Waals surface area (Å²) in [6, 6.07) is 7.18. The zero-order chi connectivity index (χ0) is 14.3. The molecule has 2 fully saturated rings. The molecule has 5 heteroatoms. The monoisotopic (exact) mass is 294 g/mol. The predicted molar refractivity (Wildman–Crippen MR) is 79.8 cm³/mol. The van der Waals surface area contributed by atoms with E-state index in [1.807, 2.05) is 6.07 Å². The van der Waals surface area contributed by atoms with Gasteiger partial charge in [0.25, 0.3) is 0 Å². The molecular formula is C15H22N2O2S. The van der Waals surface area contributed by atoms with Crippen LogP contribution in [-0.2, 0) is 10.0 Å². The van der Waals surface area contributed by atoms with Gasteiger partial charge in [0.1, 0.15) is 4.90 Å². The lowest BCUT2D eigenvalue weighted by molar-refractivity contribution is 0.304. The van der Waals surface area contributed by atoms with Crippen LogP contribution in [0.5, 0.6) is 0 Å². The molecule has 0 radical (unpaired) electrons. The molecule has 2 bridgehead atoms. The van der Waals surface area contributed by atoms with E-state index in [4.69, 9.17) is 5.14 Å². The number of primary sulfonamides is 1. The molecule has 2 aliphatic carbocycles. The number of anilines is 1. The van der Waals surface area contributed by atoms with E-state index < -0.39 is 10.0 Å². The summed E-state index contributed by atoms with van der Waals surface area (Å²) in [6.07, 6.45) is 5.34. The Morgan fingerprint density at radius 1 is 1.25 bits per heavy atom. The van der Waals surface area contributed by atoms with Gasteiger partial charge in [-0.1, -0.05) is 18.6 Å². The van der Waals surface area contributed by atoms with Crippen LogP contribution in [0.15, 0.2) is 29.2 Å². The summed E-state index contributed by atoms with van der Waals surface area (Å²) in [7, 11) is -3.68. The Labute approximate surface area is 120 Å². The van der Waals surface area contributed by atoms with Crippen molar-refractivity contribution < 1.29 is 8.42 Å². The van der Waals surface area contributed by atoms with Crippen LogP contribution in [0.3, 0.4) is 0 Å². The smallest absolute Gasteiger partial charge is 0.240 e. The quantitative estimate of drug-likeness (QED) is 0.896. The molecule has 4 atom stereocenters. The zero-order valence-corrected chi connectivity index (χ0v) is 12.6. The molecule has 2 aliphatic rings. The van der Waals surface area contributed by atoms with Crippen molar-refractivity contribution in [3.63, 3.8) is 0 Å². The van der Waals surface area contributed by atoms with E-state index in [9.17, 15) is 8.42 Å². The number of hydrogen-bond donors (Lipinski definition) is 2. The highest BCUT2D eigenvalue weighted by molar-refractivity contribution is 7.89. The van der Waals surface area contributed by atoms with Crippen molar-refractivity contribution in [1.82, 2.24) is 0 Å². The maximum Gasteiger partial charge on any atom is 0.240 e. The number of para-hydroxylation sites is 1. The fraction of sp³-hybridized carbons (Fsp3) is 0.600. The predicted octanol–water partition coefficient (Wildman–Crippen LogP) is 2.57. The lowest BCUT2D eigenvalue weighted by Crippen LogP contribution is -2.30. The van der Waals surface area contributed by atoms with Gasteiger partial charge >= 0.3 is 0 Å². The first-order valence-corrected chi connectivity index (χ1v) is 8.88. The molecule has 0 heterocycles. The number of nitrogens with one attached hydrogen (secondary N) is 1. The van der Waals surface area contributed by atoms with E-state index in [1.165, 1.54) is 25.7 Å². The second kappa shape index (κ2) is 5.04. The van der Waals surface area contributed by atoms with E-state index in [-0.39, 0.29) is 10.9 Å². The van der Waals surface area contributed by atoms with E-state index in [0.717, 1.165) is 11.8 Å². The number of fused-ring (bicyclic) bond motifs is 2. The lowest BCUT2D eigenvalue weighted by Gasteiger charge is -2.29. The van der Waals surface area contributed by atoms with E-state index >= 15 is 0 Å². The van der Waals surface area contributed by atoms with Crippen LogP contribution < -0.4 is 10.5 Å². The van der Waals surface area contributed by atoms with Gasteiger partial charge in [-0.2, -0.15) is 0 Å². The summed E-state index contributed by atoms with van der Waals surface area (Å²) < 4.78 is 23.2. The first-order valence-electron chi connectivity index (χ1n) is 7.33. The highest BCUT2D eigenvalue weighted by Gasteiger charge is 2.41. The Balaban J connectivity index is 1.78. The molecule has 4 nitrogen and oxygen atoms in total. The third-order valence-electron chi connectivity index (χ3n) is 5.01. The number of nitrogens with two attached hydrogens (primary N) is 1. The van der Waals surface area contributed by atoms with Gasteiger partial charge in [-0.25, -0.2) is 13.6 Å². The van der Waals surface area contributed by atoms with Crippen LogP contribution >= 0.6 is 0 Å². The Kier molecular flexibility index (Phi) is 3.50. The number of hydrogen-bond acceptors (Lipinski definition) is 3. The van der Waals surface area contributed by atoms with Crippen molar-refractivity contribution >= 4 is 15.7 Å². The van der Waals surface area contributed by atoms with Crippen LogP contribution in [0.1, 0.15) is 32.6 Å². The lowest BCUT2D eigenvalue weighted by atomic mass is 9.84. The summed E-state index contributed by atoms with van der Waals surface area (Å²) in [4.78, 5) is 0.190. The van der Waals surface area contributed by atoms with Gasteiger partial charge in [-0.05, 0) is 56.1 Å². The van der Waals surface area contributed by atoms with Crippen molar-refractivity contribution in [1.29, 1.82) is 0 Å². The van der Waals surface area contributed by atoms with Gasteiger partial charge in [0, 0.05) is 6.04 Å². The molecule has 110 valence electrons. The first-order chi connectivity index (χ1) is 9.45. The number of benzene rings is 1. The Hall–Kier alpha value is -1.07. The average molecular weight is 294 g/mol. The van der Waals surface area contributed by atoms with E-state index in [1.54, 1.807) is 18.2 Å². The third kappa shape index (κ3) is 2.56. The van der Waals surface area contributed by atoms with Crippen molar-refractivity contribution in [2.75, 3.05) is 5.32 Å². The van der Waals surface area contributed by atoms with Crippen LogP contribution in [0.25, 0.3) is 0 Å². The number of rotatable bonds is 4. The molecule has 1 aromatic carbocycles. The maximum atomic E-state index is 11.6. The molecule has 4 unspecified atom stereocenters. The minimum atomic E-state index is -3.68. The highest BCUT2D eigenvalue weighted by atomic mass is 32.2. The molecule has 20 heavy (non-hydrogen) atoms. The average Bonchev–Trinajstić information content (AvgIpc) is 3.00. The zero-order valence-electron chi connectivity index (χ0n) is 11.7. The van der Waals surface area contributed by atoms with Gasteiger partial charge < -0.3 is 5.32 Å². The largest absolute Gasteiger partial charge is 0.381 e. The van der Waals surface area contributed by atoms with Crippen molar-refractivity contribution in [2.45, 2.75) is 43.5 Å². The van der Waals surface area contributed by atoms with Gasteiger partial charge in [-0.15, -0.1) is 0 Å². The molecule has 1 aromatic rings. The molecular weight excluding hydrogens is 272 g/mol. The fourth-order valence-electron chi connectivity index (χ4n) is 4.09. The summed E-state index contributed by atoms with van der Waals surface area (Å²) in [5, 5.41) is 8.66. The maximum absolute atomic E-state index is 11.6. The summed E-state index contributed by atoms with van der Waals surface area (Å²) in [5.41, 5.74) is 0.630. The van der Waals surface area contributed by atoms with Gasteiger partial charge in [0.2, 0.25) is 10.0 Å². The molecule has 0 saturated heterocycles. The molecule has 3 rings (SSSR count). The SMILES string of the molecule is CC(Nc1ccccc1S(N)(=O)=O)C1CC2CCC1C2. The van der Waals surface area contributed by atoms with Gasteiger partial charge in [0.05, 0.1) is 5.69 Å². The van der Waals surface area contributed by atoms with Crippen molar-refractivity contribution in [3.8, 4) is 0 Å². The summed E-state index contributed by atoms with van der Waals surface area (Å²) in [5.74, 6) is 2.36. The van der Waals surface area contributed by atoms with Crippen molar-refractivity contribution in [3.05, 3.63) is 24.3 Å². The molecule has 3 N–H and O–H groups in total. The molecule has 0 spiro atoms. The molecule has 2 saturated carbocycles. The second-order valence-corrected chi connectivity index (χ2v) is 7.84. The number of sulfonamides is 1. The van der Waals surface area contributed by atoms with Gasteiger partial charge in [-0.3, -0.25) is 0 Å². The minimum absolute atomic E-state index is 0.190. The van der Waals surface area contributed by atoms with Crippen LogP contribution in [0.2, 0.25) is 0 Å². The van der Waals surface area contributed by atoms with Crippen LogP contribution in [0, 0.1) is 17.8 Å². The Bertz CT molecular complexity index is 600. The van der Waals surface area contributed by atoms with E-state index in [0.29, 0.717) is 11.6 Å². The van der Waals surface area contributed by atoms with Crippen LogP contribution in [-0.4, -0.2) is 14.5 Å². The fourth-order valence-corrected chi connectivity index (χ4v) is 4.79. The summed E-state index contributed by atoms with van der Waals surface area (Å²) >= 11 is 0. The van der Waals surface area contributed by atoms with Crippen molar-refractivity contribution in [2.24, 2.45) is 22.9 Å².